The van der Waals surface area contributed by atoms with Gasteiger partial charge in [-0.1, -0.05) is 97.1 Å². The van der Waals surface area contributed by atoms with Crippen molar-refractivity contribution in [3.8, 4) is 51.0 Å². The largest absolute Gasteiger partial charge is 0.508 e. The summed E-state index contributed by atoms with van der Waals surface area (Å²) in [5.41, 5.74) is 37.3. The van der Waals surface area contributed by atoms with Crippen LogP contribution in [0.1, 0.15) is 110 Å². The van der Waals surface area contributed by atoms with E-state index >= 15 is 0 Å². The van der Waals surface area contributed by atoms with Gasteiger partial charge in [0, 0.05) is 96.6 Å². The zero-order valence-corrected chi connectivity index (χ0v) is 75.3. The van der Waals surface area contributed by atoms with Crippen LogP contribution in [-0.2, 0) is 42.2 Å². The van der Waals surface area contributed by atoms with Gasteiger partial charge >= 0.3 is 0 Å². The summed E-state index contributed by atoms with van der Waals surface area (Å²) in [6, 6.07) is 49.1. The van der Waals surface area contributed by atoms with Crippen molar-refractivity contribution in [2.45, 2.75) is 125 Å². The fraction of sp³-hybridized carbons (Fsp3) is 0.237. The van der Waals surface area contributed by atoms with Gasteiger partial charge in [0.05, 0.1) is 69.3 Å². The molecule has 0 saturated carbocycles. The Morgan fingerprint density at radius 1 is 0.394 bits per heavy atom. The normalized spacial score (nSPS) is 13.2. The summed E-state index contributed by atoms with van der Waals surface area (Å²) in [6.45, 7) is 18.1. The van der Waals surface area contributed by atoms with Crippen LogP contribution in [0.15, 0.2) is 208 Å². The number of hydrogen-bond donors (Lipinski definition) is 7. The second-order valence-electron chi connectivity index (χ2n) is 33.2. The first kappa shape index (κ1) is 87.4. The highest BCUT2D eigenvalue weighted by Crippen LogP contribution is 2.39. The Kier molecular flexibility index (Phi) is 24.1. The monoisotopic (exact) mass is 1880 g/mol. The van der Waals surface area contributed by atoms with Crippen LogP contribution in [0.4, 0.5) is 27.7 Å². The molecule has 11 N–H and O–H groups in total. The Balaban J connectivity index is 0.000000119. The van der Waals surface area contributed by atoms with E-state index in [1.165, 1.54) is 37.4 Å². The zero-order valence-electron chi connectivity index (χ0n) is 73.1. The van der Waals surface area contributed by atoms with Crippen LogP contribution >= 0.6 is 22.6 Å². The lowest BCUT2D eigenvalue weighted by Crippen LogP contribution is -2.32. The Bertz CT molecular complexity index is 8020. The number of aryl methyl sites for hydroxylation is 4. The van der Waals surface area contributed by atoms with Crippen molar-refractivity contribution in [2.75, 3.05) is 49.4 Å². The number of phenols is 3. The van der Waals surface area contributed by atoms with E-state index in [0.717, 1.165) is 124 Å². The van der Waals surface area contributed by atoms with Gasteiger partial charge in [-0.25, -0.2) is 63.0 Å². The number of ether oxygens (including phenoxy) is 2. The van der Waals surface area contributed by atoms with E-state index in [4.69, 9.17) is 47.7 Å². The summed E-state index contributed by atoms with van der Waals surface area (Å²) in [5.74, 6) is 0.631. The number of nitrogens with zero attached hydrogens (tertiary/aromatic N) is 20. The number of benzene rings is 7. The SMILES string of the molecule is CCn1c(Cn2nc(-c3cccc(O)c3)c3c(N)ncnc32)cc2cccc(C)c2c1=O.Cc1cccc2cc(Cn3nc(-c4cc(O)cc(F)c4)c4c(N)ncnc43)n(C3CCOCC3)c(=O)c12.Cc1cccc2cc(Cn3nc(-c4cccc(O)c4)c4c(N)ncnc43)n(C3CCOCC3)c(=O)c12.Cc1cccc2cc(Cn3nc(I)c4c(N)ncnc43)n(C(C)C)c(=O)c12. The maximum absolute atomic E-state index is 14.1. The van der Waals surface area contributed by atoms with Crippen molar-refractivity contribution in [3.05, 3.63) is 285 Å². The summed E-state index contributed by atoms with van der Waals surface area (Å²) >= 11 is 2.13. The lowest BCUT2D eigenvalue weighted by Gasteiger charge is -2.27. The minimum absolute atomic E-state index is 0.00584. The number of aromatic hydroxyl groups is 3. The maximum Gasteiger partial charge on any atom is 0.259 e. The van der Waals surface area contributed by atoms with Gasteiger partial charge in [-0.3, -0.25) is 19.2 Å². The van der Waals surface area contributed by atoms with E-state index in [9.17, 15) is 38.9 Å². The summed E-state index contributed by atoms with van der Waals surface area (Å²) in [7, 11) is 0. The third-order valence-electron chi connectivity index (χ3n) is 24.3. The number of nitrogens with two attached hydrogens (primary N) is 4. The first-order valence-corrected chi connectivity index (χ1v) is 44.2. The molecule has 2 aliphatic heterocycles. The molecule has 7 aromatic carbocycles. The molecule has 33 nitrogen and oxygen atoms in total. The van der Waals surface area contributed by atoms with Gasteiger partial charge in [-0.15, -0.1) is 0 Å². The highest BCUT2D eigenvalue weighted by molar-refractivity contribution is 14.1. The molecule has 0 atom stereocenters. The lowest BCUT2D eigenvalue weighted by molar-refractivity contribution is 0.0678. The number of nitrogen functional groups attached to an aromatic ring is 4. The van der Waals surface area contributed by atoms with Crippen LogP contribution < -0.4 is 45.2 Å². The molecular weight excluding hydrogens is 1790 g/mol. The fourth-order valence-corrected chi connectivity index (χ4v) is 19.1. The topological polar surface area (TPSA) is 446 Å². The van der Waals surface area contributed by atoms with E-state index in [-0.39, 0.29) is 70.0 Å². The second-order valence-corrected chi connectivity index (χ2v) is 34.2. The van der Waals surface area contributed by atoms with E-state index in [0.29, 0.717) is 148 Å². The van der Waals surface area contributed by atoms with Crippen molar-refractivity contribution in [3.63, 3.8) is 0 Å². The van der Waals surface area contributed by atoms with Crippen molar-refractivity contribution in [2.24, 2.45) is 0 Å². The average molecular weight is 1880 g/mol. The minimum atomic E-state index is -0.605. The van der Waals surface area contributed by atoms with E-state index in [1.807, 2.05) is 159 Å². The number of pyridine rings is 4. The number of phenolic OH excluding ortho intramolecular Hbond substituents is 3. The molecule has 0 aliphatic carbocycles. The number of halogens is 2. The predicted molar refractivity (Wildman–Crippen MR) is 515 cm³/mol. The highest BCUT2D eigenvalue weighted by atomic mass is 127. The van der Waals surface area contributed by atoms with Gasteiger partial charge in [0.2, 0.25) is 0 Å². The molecule has 21 rings (SSSR count). The minimum Gasteiger partial charge on any atom is -0.508 e. The molecule has 0 unspecified atom stereocenters. The van der Waals surface area contributed by atoms with Crippen molar-refractivity contribution in [1.82, 2.24) is 97.3 Å². The van der Waals surface area contributed by atoms with Crippen molar-refractivity contribution < 1.29 is 29.2 Å². The van der Waals surface area contributed by atoms with Gasteiger partial charge in [-0.05, 0) is 201 Å². The summed E-state index contributed by atoms with van der Waals surface area (Å²) in [6.07, 6.45) is 8.60. The summed E-state index contributed by atoms with van der Waals surface area (Å²) in [5, 5.41) is 57.8. The van der Waals surface area contributed by atoms with E-state index < -0.39 is 5.82 Å². The third kappa shape index (κ3) is 16.6. The Hall–Kier alpha value is -15.2. The smallest absolute Gasteiger partial charge is 0.259 e. The number of rotatable bonds is 15. The Morgan fingerprint density at radius 2 is 0.735 bits per heavy atom. The molecule has 14 heterocycles. The molecule has 35 heteroatoms. The standard InChI is InChI=1S/C27H25FN6O3.C27H26N6O3.C24H22N6O2.C19H19IN6O/c1-15-3-2-4-16-10-20(34(27(36)22(15)16)19-5-7-37-8-6-19)13-33-26-23(25(29)30-14-31-26)24(32-33)17-9-18(28)12-21(35)11-17;1-16-4-2-5-17-12-20(33(27(35)22(16)17)19-8-10-36-11-9-19)14-32-26-23(25(28)29-15-30-26)24(31-32)18-6-3-7-21(34)13-18;1-3-29-17(10-15-7-4-6-14(2)19(15)24(29)32)12-30-23-20(22(25)26-13-27-23)21(28-30)16-8-5-9-18(31)11-16;1-10(2)26-13(7-12-6-4-5-11(3)14(12)19(26)27)8-25-18-15(16(20)24-25)17(21)22-9-23-18/h2-4,9-12,14,19,35H,5-8,13H2,1H3,(H2,29,30,31);2-7,12-13,15,19,34H,8-11,14H2,1H3,(H2,28,29,30);4-11,13,31H,3,12H2,1-2H3,(H2,25,26,27);4-7,9-10H,8H2,1-3H3,(H2,21,22,23). The molecule has 0 spiro atoms. The van der Waals surface area contributed by atoms with Crippen LogP contribution in [0.25, 0.3) is 121 Å². The summed E-state index contributed by atoms with van der Waals surface area (Å²) < 4.78 is 40.3. The molecule has 2 saturated heterocycles. The van der Waals surface area contributed by atoms with E-state index in [1.54, 1.807) is 59.7 Å². The van der Waals surface area contributed by atoms with Crippen molar-refractivity contribution in [1.29, 1.82) is 0 Å². The molecule has 0 amide bonds. The number of fused-ring (bicyclic) bond motifs is 8. The molecule has 668 valence electrons. The van der Waals surface area contributed by atoms with Crippen LogP contribution in [0.5, 0.6) is 17.2 Å². The molecule has 132 heavy (non-hydrogen) atoms. The van der Waals surface area contributed by atoms with Crippen LogP contribution in [0, 0.1) is 37.2 Å². The molecule has 19 aromatic rings. The quantitative estimate of drug-likeness (QED) is 0.0469. The Morgan fingerprint density at radius 3 is 1.14 bits per heavy atom. The number of anilines is 4. The average Bonchev–Trinajstić information content (AvgIpc) is 1.36. The molecule has 2 aliphatic rings. The molecule has 0 bridgehead atoms. The van der Waals surface area contributed by atoms with Crippen LogP contribution in [0.3, 0.4) is 0 Å². The number of aromatic nitrogens is 20. The summed E-state index contributed by atoms with van der Waals surface area (Å²) in [4.78, 5) is 88.3. The maximum atomic E-state index is 14.1. The van der Waals surface area contributed by atoms with Gasteiger partial charge in [-0.2, -0.15) is 20.4 Å². The predicted octanol–water partition coefficient (Wildman–Crippen LogP) is 14.5. The second kappa shape index (κ2) is 36.4. The van der Waals surface area contributed by atoms with Gasteiger partial charge in [0.15, 0.2) is 22.6 Å². The molecular formula is C97H92FIN24O9. The molecule has 0 radical (unpaired) electrons. The lowest BCUT2D eigenvalue weighted by atomic mass is 10.0. The first-order valence-electron chi connectivity index (χ1n) is 43.1. The first-order chi connectivity index (χ1) is 63.8. The van der Waals surface area contributed by atoms with Gasteiger partial charge in [0.25, 0.3) is 22.2 Å². The third-order valence-corrected chi connectivity index (χ3v) is 25.1. The molecule has 2 fully saturated rings. The Labute approximate surface area is 765 Å². The van der Waals surface area contributed by atoms with Crippen LogP contribution in [0.2, 0.25) is 0 Å². The van der Waals surface area contributed by atoms with Gasteiger partial charge in [0.1, 0.15) is 92.4 Å². The number of hydrogen-bond acceptors (Lipinski definition) is 25. The molecule has 12 aromatic heterocycles. The van der Waals surface area contributed by atoms with Gasteiger partial charge < -0.3 is 66.0 Å². The zero-order chi connectivity index (χ0) is 92.2. The fourth-order valence-electron chi connectivity index (χ4n) is 18.3. The highest BCUT2D eigenvalue weighted by Gasteiger charge is 2.30. The van der Waals surface area contributed by atoms with Crippen LogP contribution in [-0.4, -0.2) is 139 Å². The van der Waals surface area contributed by atoms with Crippen molar-refractivity contribution >= 4 is 133 Å². The van der Waals surface area contributed by atoms with E-state index in [2.05, 4.69) is 79.7 Å².